The first-order chi connectivity index (χ1) is 8.63. The maximum absolute atomic E-state index is 11.2. The molecular formula is C9H9N3O4S2. The molecule has 0 bridgehead atoms. The summed E-state index contributed by atoms with van der Waals surface area (Å²) in [6.07, 6.45) is 1.58. The van der Waals surface area contributed by atoms with Gasteiger partial charge in [0.1, 0.15) is 6.20 Å². The van der Waals surface area contributed by atoms with E-state index in [1.54, 1.807) is 18.5 Å². The Bertz CT molecular complexity index is 592. The standard InChI is InChI=1S/C9H9N3O4S2/c1-2-16-6(13)5-18-7-8(12(14)15)11-3-4-17-9(11)10-7/h3-4H,2,5H2,1H3. The van der Waals surface area contributed by atoms with E-state index in [9.17, 15) is 14.9 Å². The summed E-state index contributed by atoms with van der Waals surface area (Å²) in [5, 5.41) is 12.9. The molecule has 0 aliphatic heterocycles. The largest absolute Gasteiger partial charge is 0.465 e. The number of hydrogen-bond donors (Lipinski definition) is 0. The number of nitro groups is 1. The fraction of sp³-hybridized carbons (Fsp3) is 0.333. The van der Waals surface area contributed by atoms with Crippen molar-refractivity contribution in [3.63, 3.8) is 0 Å². The van der Waals surface area contributed by atoms with Gasteiger partial charge in [0.25, 0.3) is 4.96 Å². The van der Waals surface area contributed by atoms with Crippen LogP contribution in [0.1, 0.15) is 6.92 Å². The maximum atomic E-state index is 11.2. The van der Waals surface area contributed by atoms with Crippen LogP contribution < -0.4 is 0 Å². The molecule has 0 saturated heterocycles. The average molecular weight is 287 g/mol. The first kappa shape index (κ1) is 12.8. The SMILES string of the molecule is CCOC(=O)CSc1nc2sccn2c1[N+](=O)[O-]. The molecule has 2 rings (SSSR count). The summed E-state index contributed by atoms with van der Waals surface area (Å²) in [6, 6.07) is 0. The maximum Gasteiger partial charge on any atom is 0.362 e. The van der Waals surface area contributed by atoms with Gasteiger partial charge in [-0.2, -0.15) is 9.38 Å². The van der Waals surface area contributed by atoms with Crippen molar-refractivity contribution in [3.8, 4) is 0 Å². The summed E-state index contributed by atoms with van der Waals surface area (Å²) in [7, 11) is 0. The molecule has 0 spiro atoms. The molecule has 0 saturated carbocycles. The minimum Gasteiger partial charge on any atom is -0.465 e. The number of carbonyl (C=O) groups excluding carboxylic acids is 1. The Hall–Kier alpha value is -1.61. The molecule has 0 aliphatic rings. The van der Waals surface area contributed by atoms with Crippen LogP contribution in [0.5, 0.6) is 0 Å². The van der Waals surface area contributed by atoms with Gasteiger partial charge in [-0.25, -0.2) is 0 Å². The Balaban J connectivity index is 2.22. The van der Waals surface area contributed by atoms with E-state index < -0.39 is 10.9 Å². The van der Waals surface area contributed by atoms with Crippen molar-refractivity contribution in [1.82, 2.24) is 9.38 Å². The van der Waals surface area contributed by atoms with Crippen LogP contribution in [-0.4, -0.2) is 32.6 Å². The predicted molar refractivity (Wildman–Crippen MR) is 67.1 cm³/mol. The lowest BCUT2D eigenvalue weighted by atomic mass is 10.7. The molecule has 0 aromatic carbocycles. The van der Waals surface area contributed by atoms with E-state index in [4.69, 9.17) is 4.74 Å². The topological polar surface area (TPSA) is 86.7 Å². The molecule has 0 amide bonds. The number of aromatic nitrogens is 2. The third-order valence-corrected chi connectivity index (χ3v) is 3.70. The molecule has 0 fully saturated rings. The van der Waals surface area contributed by atoms with E-state index in [0.29, 0.717) is 11.6 Å². The lowest BCUT2D eigenvalue weighted by Crippen LogP contribution is -2.06. The molecule has 2 aromatic rings. The number of fused-ring (bicyclic) bond motifs is 1. The lowest BCUT2D eigenvalue weighted by Gasteiger charge is -1.99. The summed E-state index contributed by atoms with van der Waals surface area (Å²) < 4.78 is 6.16. The molecule has 2 heterocycles. The smallest absolute Gasteiger partial charge is 0.362 e. The molecule has 0 unspecified atom stereocenters. The molecule has 0 atom stereocenters. The van der Waals surface area contributed by atoms with E-state index in [1.165, 1.54) is 15.7 Å². The minimum atomic E-state index is -0.500. The molecule has 18 heavy (non-hydrogen) atoms. The van der Waals surface area contributed by atoms with E-state index >= 15 is 0 Å². The number of ether oxygens (including phenoxy) is 1. The van der Waals surface area contributed by atoms with E-state index in [-0.39, 0.29) is 16.6 Å². The molecule has 0 radical (unpaired) electrons. The quantitative estimate of drug-likeness (QED) is 0.361. The molecule has 0 N–H and O–H groups in total. The van der Waals surface area contributed by atoms with Crippen LogP contribution in [0.4, 0.5) is 5.82 Å². The Morgan fingerprint density at radius 2 is 2.50 bits per heavy atom. The van der Waals surface area contributed by atoms with Crippen molar-refractivity contribution in [2.75, 3.05) is 12.4 Å². The molecule has 0 aliphatic carbocycles. The molecule has 9 heteroatoms. The van der Waals surface area contributed by atoms with Crippen molar-refractivity contribution in [3.05, 3.63) is 21.7 Å². The average Bonchev–Trinajstić information content (AvgIpc) is 2.85. The molecular weight excluding hydrogens is 278 g/mol. The highest BCUT2D eigenvalue weighted by Gasteiger charge is 2.24. The van der Waals surface area contributed by atoms with Crippen LogP contribution in [0.15, 0.2) is 16.6 Å². The van der Waals surface area contributed by atoms with E-state index in [0.717, 1.165) is 11.8 Å². The third-order valence-electron chi connectivity index (χ3n) is 2.01. The number of carbonyl (C=O) groups is 1. The van der Waals surface area contributed by atoms with Gasteiger partial charge >= 0.3 is 11.8 Å². The van der Waals surface area contributed by atoms with Crippen LogP contribution in [0, 0.1) is 10.1 Å². The highest BCUT2D eigenvalue weighted by atomic mass is 32.2. The Kier molecular flexibility index (Phi) is 3.82. The van der Waals surface area contributed by atoms with Gasteiger partial charge in [-0.15, -0.1) is 0 Å². The highest BCUT2D eigenvalue weighted by Crippen LogP contribution is 2.31. The normalized spacial score (nSPS) is 10.7. The summed E-state index contributed by atoms with van der Waals surface area (Å²) in [6.45, 7) is 2.00. The van der Waals surface area contributed by atoms with Crippen molar-refractivity contribution >= 4 is 39.8 Å². The monoisotopic (exact) mass is 287 g/mol. The van der Waals surface area contributed by atoms with Crippen molar-refractivity contribution < 1.29 is 14.5 Å². The first-order valence-electron chi connectivity index (χ1n) is 5.01. The fourth-order valence-corrected chi connectivity index (χ4v) is 2.90. The summed E-state index contributed by atoms with van der Waals surface area (Å²) in [5.74, 6) is -0.506. The number of thioether (sulfide) groups is 1. The second-order valence-corrected chi connectivity index (χ2v) is 4.98. The van der Waals surface area contributed by atoms with Crippen LogP contribution in [0.25, 0.3) is 4.96 Å². The van der Waals surface area contributed by atoms with E-state index in [1.807, 2.05) is 0 Å². The molecule has 7 nitrogen and oxygen atoms in total. The van der Waals surface area contributed by atoms with E-state index in [2.05, 4.69) is 4.98 Å². The Morgan fingerprint density at radius 3 is 3.17 bits per heavy atom. The van der Waals surface area contributed by atoms with Gasteiger partial charge in [0.2, 0.25) is 0 Å². The lowest BCUT2D eigenvalue weighted by molar-refractivity contribution is -0.393. The van der Waals surface area contributed by atoms with Gasteiger partial charge in [-0.1, -0.05) is 23.1 Å². The zero-order chi connectivity index (χ0) is 13.1. The second kappa shape index (κ2) is 5.36. The van der Waals surface area contributed by atoms with Crippen LogP contribution in [-0.2, 0) is 9.53 Å². The van der Waals surface area contributed by atoms with Gasteiger partial charge in [-0.05, 0) is 11.8 Å². The number of thiazole rings is 1. The van der Waals surface area contributed by atoms with Gasteiger partial charge in [0.05, 0.1) is 12.4 Å². The predicted octanol–water partition coefficient (Wildman–Crippen LogP) is 1.96. The number of hydrogen-bond acceptors (Lipinski definition) is 7. The number of nitrogens with zero attached hydrogens (tertiary/aromatic N) is 3. The molecule has 96 valence electrons. The number of esters is 1. The number of imidazole rings is 1. The van der Waals surface area contributed by atoms with Gasteiger partial charge in [0, 0.05) is 5.38 Å². The van der Waals surface area contributed by atoms with Gasteiger partial charge in [0.15, 0.2) is 5.03 Å². The zero-order valence-corrected chi connectivity index (χ0v) is 11.0. The highest BCUT2D eigenvalue weighted by molar-refractivity contribution is 8.00. The fourth-order valence-electron chi connectivity index (χ4n) is 1.35. The summed E-state index contributed by atoms with van der Waals surface area (Å²) in [5.41, 5.74) is 0. The second-order valence-electron chi connectivity index (χ2n) is 3.15. The van der Waals surface area contributed by atoms with Gasteiger partial charge < -0.3 is 14.9 Å². The van der Waals surface area contributed by atoms with Crippen LogP contribution >= 0.6 is 23.1 Å². The van der Waals surface area contributed by atoms with Crippen LogP contribution in [0.2, 0.25) is 0 Å². The zero-order valence-electron chi connectivity index (χ0n) is 9.36. The summed E-state index contributed by atoms with van der Waals surface area (Å²) >= 11 is 2.31. The van der Waals surface area contributed by atoms with Crippen LogP contribution in [0.3, 0.4) is 0 Å². The minimum absolute atomic E-state index is 0.0134. The number of rotatable bonds is 5. The Morgan fingerprint density at radius 1 is 1.72 bits per heavy atom. The molecule has 2 aromatic heterocycles. The third kappa shape index (κ3) is 2.46. The summed E-state index contributed by atoms with van der Waals surface area (Å²) in [4.78, 5) is 26.3. The first-order valence-corrected chi connectivity index (χ1v) is 6.88. The van der Waals surface area contributed by atoms with Crippen molar-refractivity contribution in [2.24, 2.45) is 0 Å². The van der Waals surface area contributed by atoms with Crippen molar-refractivity contribution in [2.45, 2.75) is 11.9 Å². The van der Waals surface area contributed by atoms with Crippen molar-refractivity contribution in [1.29, 1.82) is 0 Å². The Labute approximate surface area is 110 Å². The van der Waals surface area contributed by atoms with Gasteiger partial charge in [-0.3, -0.25) is 4.79 Å².